The van der Waals surface area contributed by atoms with E-state index in [1.165, 1.54) is 0 Å². The quantitative estimate of drug-likeness (QED) is 0.833. The summed E-state index contributed by atoms with van der Waals surface area (Å²) in [6, 6.07) is 2.24. The van der Waals surface area contributed by atoms with Gasteiger partial charge in [-0.3, -0.25) is 9.58 Å². The Balaban J connectivity index is 1.49. The van der Waals surface area contributed by atoms with Crippen LogP contribution in [0.4, 0.5) is 4.79 Å². The van der Waals surface area contributed by atoms with E-state index in [-0.39, 0.29) is 17.6 Å². The SMILES string of the molecule is CCN1CCN(C(C)(C)CNC(=O)N2CCC[C@H]2Cn2cccn2)CC1. The lowest BCUT2D eigenvalue weighted by molar-refractivity contribution is 0.0544. The van der Waals surface area contributed by atoms with Gasteiger partial charge in [0.15, 0.2) is 0 Å². The summed E-state index contributed by atoms with van der Waals surface area (Å²) < 4.78 is 1.92. The number of likely N-dealkylation sites (N-methyl/N-ethyl adjacent to an activating group) is 1. The number of rotatable bonds is 6. The minimum atomic E-state index is -0.0211. The molecule has 0 saturated carbocycles. The number of carbonyl (C=O) groups is 1. The number of nitrogens with one attached hydrogen (secondary N) is 1. The third kappa shape index (κ3) is 4.57. The van der Waals surface area contributed by atoms with E-state index in [2.05, 4.69) is 41.0 Å². The molecule has 2 aliphatic heterocycles. The molecule has 2 aliphatic rings. The maximum absolute atomic E-state index is 12.8. The van der Waals surface area contributed by atoms with E-state index in [1.807, 2.05) is 21.8 Å². The summed E-state index contributed by atoms with van der Waals surface area (Å²) in [6.45, 7) is 14.5. The number of urea groups is 1. The van der Waals surface area contributed by atoms with Gasteiger partial charge in [0.1, 0.15) is 0 Å². The fourth-order valence-corrected chi connectivity index (χ4v) is 4.09. The molecule has 3 rings (SSSR count). The van der Waals surface area contributed by atoms with Gasteiger partial charge >= 0.3 is 6.03 Å². The Bertz CT molecular complexity index is 565. The van der Waals surface area contributed by atoms with Crippen LogP contribution < -0.4 is 5.32 Å². The topological polar surface area (TPSA) is 56.6 Å². The summed E-state index contributed by atoms with van der Waals surface area (Å²) in [6.07, 6.45) is 5.88. The van der Waals surface area contributed by atoms with Gasteiger partial charge in [0, 0.05) is 57.2 Å². The minimum Gasteiger partial charge on any atom is -0.336 e. The van der Waals surface area contributed by atoms with Gasteiger partial charge in [-0.1, -0.05) is 6.92 Å². The van der Waals surface area contributed by atoms with Crippen molar-refractivity contribution in [1.82, 2.24) is 29.8 Å². The van der Waals surface area contributed by atoms with Crippen LogP contribution in [0.15, 0.2) is 18.5 Å². The average Bonchev–Trinajstić information content (AvgIpc) is 3.32. The summed E-state index contributed by atoms with van der Waals surface area (Å²) in [5.74, 6) is 0. The Morgan fingerprint density at radius 1 is 1.23 bits per heavy atom. The van der Waals surface area contributed by atoms with Crippen molar-refractivity contribution in [2.45, 2.75) is 51.7 Å². The van der Waals surface area contributed by atoms with Gasteiger partial charge in [-0.25, -0.2) is 4.79 Å². The maximum atomic E-state index is 12.8. The average molecular weight is 363 g/mol. The molecule has 0 radical (unpaired) electrons. The van der Waals surface area contributed by atoms with E-state index in [4.69, 9.17) is 0 Å². The van der Waals surface area contributed by atoms with Gasteiger partial charge < -0.3 is 15.1 Å². The van der Waals surface area contributed by atoms with Crippen LogP contribution in [0.3, 0.4) is 0 Å². The lowest BCUT2D eigenvalue weighted by Gasteiger charge is -2.44. The monoisotopic (exact) mass is 362 g/mol. The molecule has 26 heavy (non-hydrogen) atoms. The molecule has 0 aliphatic carbocycles. The summed E-state index contributed by atoms with van der Waals surface area (Å²) in [7, 11) is 0. The van der Waals surface area contributed by atoms with Crippen LogP contribution in [-0.4, -0.2) is 87.9 Å². The number of amides is 2. The molecule has 0 unspecified atom stereocenters. The highest BCUT2D eigenvalue weighted by Gasteiger charge is 2.33. The molecule has 3 heterocycles. The van der Waals surface area contributed by atoms with E-state index in [1.54, 1.807) is 6.20 Å². The summed E-state index contributed by atoms with van der Waals surface area (Å²) >= 11 is 0. The summed E-state index contributed by atoms with van der Waals surface area (Å²) in [4.78, 5) is 19.7. The molecule has 0 spiro atoms. The molecule has 2 amide bonds. The Morgan fingerprint density at radius 3 is 2.65 bits per heavy atom. The van der Waals surface area contributed by atoms with Crippen LogP contribution in [0.5, 0.6) is 0 Å². The number of aromatic nitrogens is 2. The van der Waals surface area contributed by atoms with Gasteiger partial charge in [0.25, 0.3) is 0 Å². The first-order valence-corrected chi connectivity index (χ1v) is 9.99. The van der Waals surface area contributed by atoms with E-state index >= 15 is 0 Å². The van der Waals surface area contributed by atoms with Gasteiger partial charge in [-0.15, -0.1) is 0 Å². The second-order valence-electron chi connectivity index (χ2n) is 8.11. The largest absolute Gasteiger partial charge is 0.336 e. The summed E-state index contributed by atoms with van der Waals surface area (Å²) in [5, 5.41) is 7.48. The maximum Gasteiger partial charge on any atom is 0.317 e. The van der Waals surface area contributed by atoms with Crippen LogP contribution in [0, 0.1) is 0 Å². The fraction of sp³-hybridized carbons (Fsp3) is 0.789. The second kappa shape index (κ2) is 8.39. The molecular formula is C19H34N6O. The number of hydrogen-bond acceptors (Lipinski definition) is 4. The number of likely N-dealkylation sites (tertiary alicyclic amines) is 1. The molecular weight excluding hydrogens is 328 g/mol. The Hall–Kier alpha value is -1.60. The first kappa shape index (κ1) is 19.2. The number of hydrogen-bond donors (Lipinski definition) is 1. The number of piperazine rings is 1. The van der Waals surface area contributed by atoms with Crippen molar-refractivity contribution < 1.29 is 4.79 Å². The molecule has 7 nitrogen and oxygen atoms in total. The van der Waals surface area contributed by atoms with Crippen LogP contribution in [-0.2, 0) is 6.54 Å². The first-order valence-electron chi connectivity index (χ1n) is 9.99. The number of nitrogens with zero attached hydrogens (tertiary/aromatic N) is 5. The van der Waals surface area contributed by atoms with Gasteiger partial charge in [0.2, 0.25) is 0 Å². The first-order chi connectivity index (χ1) is 12.5. The van der Waals surface area contributed by atoms with Crippen molar-refractivity contribution in [2.75, 3.05) is 45.8 Å². The highest BCUT2D eigenvalue weighted by atomic mass is 16.2. The Kier molecular flexibility index (Phi) is 6.19. The molecule has 1 N–H and O–H groups in total. The predicted molar refractivity (Wildman–Crippen MR) is 103 cm³/mol. The van der Waals surface area contributed by atoms with Crippen molar-refractivity contribution in [3.05, 3.63) is 18.5 Å². The third-order valence-electron chi connectivity index (χ3n) is 5.94. The molecule has 1 aromatic heterocycles. The van der Waals surface area contributed by atoms with E-state index in [0.717, 1.165) is 58.7 Å². The third-order valence-corrected chi connectivity index (χ3v) is 5.94. The smallest absolute Gasteiger partial charge is 0.317 e. The zero-order valence-corrected chi connectivity index (χ0v) is 16.5. The van der Waals surface area contributed by atoms with Gasteiger partial charge in [-0.05, 0) is 39.3 Å². The highest BCUT2D eigenvalue weighted by molar-refractivity contribution is 5.75. The normalized spacial score (nSPS) is 22.7. The molecule has 146 valence electrons. The standard InChI is InChI=1S/C19H34N6O/c1-4-22-11-13-23(14-12-22)19(2,3)16-20-18(26)25-10-5-7-17(25)15-24-9-6-8-21-24/h6,8-9,17H,4-5,7,10-16H2,1-3H3,(H,20,26)/t17-/m0/s1. The van der Waals surface area contributed by atoms with Crippen LogP contribution in [0.25, 0.3) is 0 Å². The zero-order valence-electron chi connectivity index (χ0n) is 16.5. The molecule has 2 saturated heterocycles. The lowest BCUT2D eigenvalue weighted by Crippen LogP contribution is -2.59. The lowest BCUT2D eigenvalue weighted by atomic mass is 10.0. The Labute approximate surface area is 157 Å². The molecule has 1 aromatic rings. The highest BCUT2D eigenvalue weighted by Crippen LogP contribution is 2.20. The number of carbonyl (C=O) groups excluding carboxylic acids is 1. The Morgan fingerprint density at radius 2 is 2.00 bits per heavy atom. The molecule has 1 atom stereocenters. The molecule has 7 heteroatoms. The van der Waals surface area contributed by atoms with Crippen molar-refractivity contribution in [2.24, 2.45) is 0 Å². The van der Waals surface area contributed by atoms with E-state index in [0.29, 0.717) is 6.54 Å². The molecule has 2 fully saturated rings. The van der Waals surface area contributed by atoms with Crippen LogP contribution >= 0.6 is 0 Å². The van der Waals surface area contributed by atoms with E-state index in [9.17, 15) is 4.79 Å². The van der Waals surface area contributed by atoms with Crippen LogP contribution in [0.2, 0.25) is 0 Å². The summed E-state index contributed by atoms with van der Waals surface area (Å²) in [5.41, 5.74) is -0.0211. The van der Waals surface area contributed by atoms with E-state index < -0.39 is 0 Å². The second-order valence-corrected chi connectivity index (χ2v) is 8.11. The predicted octanol–water partition coefficient (Wildman–Crippen LogP) is 1.47. The van der Waals surface area contributed by atoms with Crippen molar-refractivity contribution in [3.8, 4) is 0 Å². The molecule has 0 aromatic carbocycles. The zero-order chi connectivity index (χ0) is 18.6. The fourth-order valence-electron chi connectivity index (χ4n) is 4.09. The van der Waals surface area contributed by atoms with Gasteiger partial charge in [-0.2, -0.15) is 5.10 Å². The van der Waals surface area contributed by atoms with Gasteiger partial charge in [0.05, 0.1) is 12.6 Å². The molecule has 0 bridgehead atoms. The van der Waals surface area contributed by atoms with Crippen molar-refractivity contribution in [1.29, 1.82) is 0 Å². The minimum absolute atomic E-state index is 0.0211. The van der Waals surface area contributed by atoms with Crippen molar-refractivity contribution in [3.63, 3.8) is 0 Å². The van der Waals surface area contributed by atoms with Crippen molar-refractivity contribution >= 4 is 6.03 Å². The van der Waals surface area contributed by atoms with Crippen LogP contribution in [0.1, 0.15) is 33.6 Å².